The van der Waals surface area contributed by atoms with Crippen molar-refractivity contribution in [2.45, 2.75) is 0 Å². The van der Waals surface area contributed by atoms with Gasteiger partial charge in [0, 0.05) is 49.0 Å². The van der Waals surface area contributed by atoms with E-state index in [0.717, 1.165) is 105 Å². The lowest BCUT2D eigenvalue weighted by molar-refractivity contribution is 0.669. The van der Waals surface area contributed by atoms with Gasteiger partial charge in [0.05, 0.1) is 33.7 Å². The quantitative estimate of drug-likeness (QED) is 0.156. The lowest BCUT2D eigenvalue weighted by Crippen LogP contribution is -2.13. The molecule has 3 heterocycles. The molecular weight excluding hydrogens is 805 g/mol. The molecule has 11 aromatic carbocycles. The number of anilines is 3. The van der Waals surface area contributed by atoms with Crippen LogP contribution in [0.1, 0.15) is 0 Å². The molecule has 0 atom stereocenters. The molecule has 4 heteroatoms. The molecule has 3 aromatic heterocycles. The van der Waals surface area contributed by atoms with Crippen molar-refractivity contribution in [3.63, 3.8) is 0 Å². The van der Waals surface area contributed by atoms with E-state index in [1.807, 2.05) is 6.07 Å². The van der Waals surface area contributed by atoms with Crippen LogP contribution in [0.15, 0.2) is 239 Å². The van der Waals surface area contributed by atoms with E-state index in [2.05, 4.69) is 234 Å². The molecule has 0 amide bonds. The normalized spacial score (nSPS) is 11.9. The SMILES string of the molecule is c1cc(-c2cccc3oc4ccccc4c23)cc(N(c2ccc3c(oc4ccccc43)c2-c2ccccc2-n2c3ccccc3c3ccccc32)c2cc3ccccc3c3ccccc23)c1. The Morgan fingerprint density at radius 2 is 0.939 bits per heavy atom. The third-order valence-electron chi connectivity index (χ3n) is 13.6. The molecular formula is C62H38N2O2. The second-order valence-electron chi connectivity index (χ2n) is 17.1. The standard InChI is InChI=1S/C62H38N2O2/c1-2-20-42-40(17-1)38-56(45-22-4-3-21-44(42)45)63(41-19-15-18-39(37-41)43-28-16-34-59-60(43)51-27-9-14-33-58(51)65-59)55-36-35-49-48-25-8-13-32-57(48)66-62(49)61(55)50-26-7-12-31-54(50)64-52-29-10-5-23-46(52)47-24-6-11-30-53(47)64/h1-38H. The second kappa shape index (κ2) is 14.3. The Kier molecular flexibility index (Phi) is 7.95. The Hall–Kier alpha value is -8.86. The van der Waals surface area contributed by atoms with Gasteiger partial charge in [0.2, 0.25) is 0 Å². The monoisotopic (exact) mass is 842 g/mol. The molecule has 0 spiro atoms. The fourth-order valence-corrected chi connectivity index (χ4v) is 10.7. The number of benzene rings is 11. The van der Waals surface area contributed by atoms with Crippen molar-refractivity contribution in [2.24, 2.45) is 0 Å². The summed E-state index contributed by atoms with van der Waals surface area (Å²) < 4.78 is 16.0. The predicted molar refractivity (Wildman–Crippen MR) is 276 cm³/mol. The van der Waals surface area contributed by atoms with Crippen LogP contribution in [-0.4, -0.2) is 4.57 Å². The highest BCUT2D eigenvalue weighted by molar-refractivity contribution is 6.19. The van der Waals surface area contributed by atoms with E-state index < -0.39 is 0 Å². The maximum absolute atomic E-state index is 7.13. The molecule has 0 saturated heterocycles. The summed E-state index contributed by atoms with van der Waals surface area (Å²) in [6.45, 7) is 0. The fraction of sp³-hybridized carbons (Fsp3) is 0. The third kappa shape index (κ3) is 5.39. The molecule has 0 fully saturated rings. The first-order chi connectivity index (χ1) is 32.8. The molecule has 0 bridgehead atoms. The number of aromatic nitrogens is 1. The minimum atomic E-state index is 0.836. The zero-order chi connectivity index (χ0) is 43.3. The molecule has 0 aliphatic heterocycles. The van der Waals surface area contributed by atoms with Crippen LogP contribution >= 0.6 is 0 Å². The molecule has 14 rings (SSSR count). The summed E-state index contributed by atoms with van der Waals surface area (Å²) in [5.74, 6) is 0. The number of rotatable bonds is 6. The number of hydrogen-bond donors (Lipinski definition) is 0. The van der Waals surface area contributed by atoms with Crippen LogP contribution in [0.2, 0.25) is 0 Å². The van der Waals surface area contributed by atoms with Gasteiger partial charge in [-0.25, -0.2) is 0 Å². The van der Waals surface area contributed by atoms with Gasteiger partial charge >= 0.3 is 0 Å². The average molecular weight is 843 g/mol. The molecule has 0 aliphatic carbocycles. The summed E-state index contributed by atoms with van der Waals surface area (Å²) in [5, 5.41) is 11.5. The van der Waals surface area contributed by atoms with Crippen LogP contribution < -0.4 is 4.90 Å². The van der Waals surface area contributed by atoms with Gasteiger partial charge in [0.1, 0.15) is 22.3 Å². The average Bonchev–Trinajstić information content (AvgIpc) is 4.06. The van der Waals surface area contributed by atoms with Gasteiger partial charge < -0.3 is 18.3 Å². The van der Waals surface area contributed by atoms with E-state index in [4.69, 9.17) is 8.83 Å². The number of para-hydroxylation sites is 5. The summed E-state index contributed by atoms with van der Waals surface area (Å²) in [4.78, 5) is 2.47. The van der Waals surface area contributed by atoms with E-state index in [9.17, 15) is 0 Å². The Morgan fingerprint density at radius 1 is 0.348 bits per heavy atom. The first-order valence-electron chi connectivity index (χ1n) is 22.5. The van der Waals surface area contributed by atoms with E-state index in [-0.39, 0.29) is 0 Å². The molecule has 0 radical (unpaired) electrons. The van der Waals surface area contributed by atoms with Crippen molar-refractivity contribution in [3.8, 4) is 27.9 Å². The molecule has 0 unspecified atom stereocenters. The molecule has 0 aliphatic rings. The van der Waals surface area contributed by atoms with Crippen molar-refractivity contribution < 1.29 is 8.83 Å². The van der Waals surface area contributed by atoms with Gasteiger partial charge in [-0.05, 0) is 94.0 Å². The van der Waals surface area contributed by atoms with E-state index >= 15 is 0 Å². The Morgan fingerprint density at radius 3 is 1.74 bits per heavy atom. The maximum Gasteiger partial charge on any atom is 0.145 e. The Balaban J connectivity index is 1.12. The summed E-state index contributed by atoms with van der Waals surface area (Å²) >= 11 is 0. The largest absolute Gasteiger partial charge is 0.456 e. The number of fused-ring (bicyclic) bond motifs is 12. The predicted octanol–water partition coefficient (Wildman–Crippen LogP) is 17.7. The summed E-state index contributed by atoms with van der Waals surface area (Å²) in [5.41, 5.74) is 14.2. The smallest absolute Gasteiger partial charge is 0.145 e. The fourth-order valence-electron chi connectivity index (χ4n) is 10.7. The lowest BCUT2D eigenvalue weighted by atomic mass is 9.94. The van der Waals surface area contributed by atoms with Crippen LogP contribution in [-0.2, 0) is 0 Å². The molecule has 66 heavy (non-hydrogen) atoms. The van der Waals surface area contributed by atoms with Crippen molar-refractivity contribution in [2.75, 3.05) is 4.90 Å². The topological polar surface area (TPSA) is 34.5 Å². The second-order valence-corrected chi connectivity index (χ2v) is 17.1. The number of furan rings is 2. The third-order valence-corrected chi connectivity index (χ3v) is 13.6. The lowest BCUT2D eigenvalue weighted by Gasteiger charge is -2.30. The van der Waals surface area contributed by atoms with E-state index in [1.54, 1.807) is 0 Å². The number of hydrogen-bond acceptors (Lipinski definition) is 3. The molecule has 308 valence electrons. The van der Waals surface area contributed by atoms with Gasteiger partial charge in [-0.15, -0.1) is 0 Å². The van der Waals surface area contributed by atoms with Crippen molar-refractivity contribution in [1.82, 2.24) is 4.57 Å². The van der Waals surface area contributed by atoms with Gasteiger partial charge in [0.15, 0.2) is 0 Å². The van der Waals surface area contributed by atoms with Crippen LogP contribution in [0.25, 0.3) is 115 Å². The van der Waals surface area contributed by atoms with Crippen LogP contribution in [0.4, 0.5) is 17.1 Å². The Bertz CT molecular complexity index is 4210. The summed E-state index contributed by atoms with van der Waals surface area (Å²) in [6.07, 6.45) is 0. The minimum Gasteiger partial charge on any atom is -0.456 e. The van der Waals surface area contributed by atoms with Gasteiger partial charge in [-0.2, -0.15) is 0 Å². The minimum absolute atomic E-state index is 0.836. The van der Waals surface area contributed by atoms with Gasteiger partial charge in [0.25, 0.3) is 0 Å². The van der Waals surface area contributed by atoms with Crippen LogP contribution in [0, 0.1) is 0 Å². The van der Waals surface area contributed by atoms with Crippen LogP contribution in [0.3, 0.4) is 0 Å². The first-order valence-corrected chi connectivity index (χ1v) is 22.5. The van der Waals surface area contributed by atoms with Crippen molar-refractivity contribution in [3.05, 3.63) is 231 Å². The van der Waals surface area contributed by atoms with E-state index in [0.29, 0.717) is 0 Å². The van der Waals surface area contributed by atoms with Crippen molar-refractivity contribution >= 4 is 104 Å². The molecule has 0 N–H and O–H groups in total. The van der Waals surface area contributed by atoms with E-state index in [1.165, 1.54) is 26.9 Å². The summed E-state index contributed by atoms with van der Waals surface area (Å²) in [7, 11) is 0. The first kappa shape index (κ1) is 36.6. The molecule has 14 aromatic rings. The molecule has 0 saturated carbocycles. The highest BCUT2D eigenvalue weighted by Crippen LogP contribution is 2.51. The van der Waals surface area contributed by atoms with Gasteiger partial charge in [-0.1, -0.05) is 164 Å². The zero-order valence-electron chi connectivity index (χ0n) is 35.7. The molecule has 4 nitrogen and oxygen atoms in total. The van der Waals surface area contributed by atoms with Crippen LogP contribution in [0.5, 0.6) is 0 Å². The maximum atomic E-state index is 7.13. The summed E-state index contributed by atoms with van der Waals surface area (Å²) in [6, 6.07) is 82.9. The number of nitrogens with zero attached hydrogens (tertiary/aromatic N) is 2. The van der Waals surface area contributed by atoms with Crippen molar-refractivity contribution in [1.29, 1.82) is 0 Å². The highest BCUT2D eigenvalue weighted by atomic mass is 16.3. The Labute approximate surface area is 379 Å². The highest BCUT2D eigenvalue weighted by Gasteiger charge is 2.27. The van der Waals surface area contributed by atoms with Gasteiger partial charge in [-0.3, -0.25) is 0 Å². The zero-order valence-corrected chi connectivity index (χ0v) is 35.7.